The molecule has 4 aromatic rings. The molecule has 6 aliphatic rings. The fourth-order valence-corrected chi connectivity index (χ4v) is 11.8. The molecular formula is C75H122O14. The molecule has 1 aliphatic heterocycles. The number of hydrogen-bond acceptors (Lipinski definition) is 14. The average molecular weight is 1250 g/mol. The second-order valence-corrected chi connectivity index (χ2v) is 25.2. The van der Waals surface area contributed by atoms with E-state index in [1.165, 1.54) is 135 Å². The fourth-order valence-electron chi connectivity index (χ4n) is 11.8. The van der Waals surface area contributed by atoms with Crippen molar-refractivity contribution < 1.29 is 67.2 Å². The first kappa shape index (κ1) is 80.6. The molecule has 1 heterocycles. The Hall–Kier alpha value is -4.51. The highest BCUT2D eigenvalue weighted by Crippen LogP contribution is 2.31. The summed E-state index contributed by atoms with van der Waals surface area (Å²) < 4.78 is 45.6. The van der Waals surface area contributed by atoms with E-state index in [4.69, 9.17) is 43.0 Å². The molecule has 506 valence electrons. The number of esters is 3. The van der Waals surface area contributed by atoms with E-state index < -0.39 is 24.1 Å². The van der Waals surface area contributed by atoms with Crippen LogP contribution in [0.5, 0.6) is 0 Å². The van der Waals surface area contributed by atoms with Crippen LogP contribution in [-0.2, 0) is 47.4 Å². The van der Waals surface area contributed by atoms with Crippen LogP contribution in [0.4, 0.5) is 0 Å². The van der Waals surface area contributed by atoms with Gasteiger partial charge in [-0.25, -0.2) is 9.59 Å². The average Bonchev–Trinajstić information content (AvgIpc) is 1.88. The Kier molecular flexibility index (Phi) is 43.7. The third kappa shape index (κ3) is 34.7. The predicted octanol–water partition coefficient (Wildman–Crippen LogP) is 16.8. The predicted molar refractivity (Wildman–Crippen MR) is 362 cm³/mol. The molecule has 6 fully saturated rings. The molecule has 13 atom stereocenters. The van der Waals surface area contributed by atoms with Crippen molar-refractivity contribution in [2.75, 3.05) is 62.0 Å². The van der Waals surface area contributed by atoms with Gasteiger partial charge in [0, 0.05) is 42.5 Å². The molecule has 5 saturated carbocycles. The van der Waals surface area contributed by atoms with Crippen molar-refractivity contribution in [3.8, 4) is 0 Å². The molecule has 0 amide bonds. The zero-order valence-corrected chi connectivity index (χ0v) is 57.9. The van der Waals surface area contributed by atoms with Crippen LogP contribution in [0, 0.1) is 29.6 Å². The van der Waals surface area contributed by atoms with Crippen LogP contribution >= 0.6 is 0 Å². The number of methoxy groups -OCH3 is 5. The van der Waals surface area contributed by atoms with Gasteiger partial charge >= 0.3 is 17.9 Å². The molecule has 0 aromatic heterocycles. The minimum absolute atomic E-state index is 0.00359. The van der Waals surface area contributed by atoms with E-state index in [2.05, 4.69) is 52.3 Å². The summed E-state index contributed by atoms with van der Waals surface area (Å²) in [5, 5.41) is 21.9. The topological polar surface area (TPSA) is 178 Å². The van der Waals surface area contributed by atoms with Crippen molar-refractivity contribution in [1.29, 1.82) is 0 Å². The standard InChI is InChI=1S/C18H16O3.C10H12O3.5C8H16O.C4H8O2.C3H6O/c1-12(19)11-21-18(20)17-15-8-4-2-6-13(15)10-14-7-3-5-9-16(14)17;1-8(11)7-13-10(12)9-5-3-2-4-6-9;5*1-7-5-3-4-6-8(7)9-2;1-3-6-4(2)5;1-3-2-4-3/h2-10,12,19H,11H2,1H3;2-6,8,11H,7H2,1H3;5*7-8H,3-6H2,1-2H3;3H2,1-2H3;3H,2H2,1H3. The van der Waals surface area contributed by atoms with Gasteiger partial charge in [-0.1, -0.05) is 166 Å². The number of rotatable bonds is 12. The summed E-state index contributed by atoms with van der Waals surface area (Å²) in [5.41, 5.74) is 1.06. The highest BCUT2D eigenvalue weighted by Gasteiger charge is 2.24. The number of aliphatic hydroxyl groups excluding tert-OH is 2. The molecule has 1 saturated heterocycles. The summed E-state index contributed by atoms with van der Waals surface area (Å²) in [5.74, 6) is 2.96. The molecule has 5 aliphatic carbocycles. The van der Waals surface area contributed by atoms with E-state index in [-0.39, 0.29) is 19.2 Å². The molecule has 4 aromatic carbocycles. The maximum atomic E-state index is 12.4. The molecular weight excluding hydrogens is 1120 g/mol. The van der Waals surface area contributed by atoms with E-state index in [0.717, 1.165) is 57.7 Å². The maximum absolute atomic E-state index is 12.4. The molecule has 10 rings (SSSR count). The summed E-state index contributed by atoms with van der Waals surface area (Å²) >= 11 is 0. The molecule has 2 N–H and O–H groups in total. The van der Waals surface area contributed by atoms with Crippen LogP contribution < -0.4 is 0 Å². The van der Waals surface area contributed by atoms with E-state index >= 15 is 0 Å². The number of fused-ring (bicyclic) bond motifs is 2. The maximum Gasteiger partial charge on any atom is 0.339 e. The molecule has 0 bridgehead atoms. The highest BCUT2D eigenvalue weighted by atomic mass is 16.6. The van der Waals surface area contributed by atoms with Gasteiger partial charge in [-0.3, -0.25) is 4.79 Å². The van der Waals surface area contributed by atoms with E-state index in [1.54, 1.807) is 45.0 Å². The lowest BCUT2D eigenvalue weighted by Crippen LogP contribution is -2.23. The smallest absolute Gasteiger partial charge is 0.339 e. The number of epoxide rings is 1. The number of aliphatic hydroxyl groups is 2. The number of carbonyl (C=O) groups is 3. The summed E-state index contributed by atoms with van der Waals surface area (Å²) in [6.07, 6.45) is 29.1. The lowest BCUT2D eigenvalue weighted by Gasteiger charge is -2.26. The minimum atomic E-state index is -0.671. The Morgan fingerprint density at radius 1 is 0.449 bits per heavy atom. The second kappa shape index (κ2) is 48.3. The Morgan fingerprint density at radius 3 is 0.966 bits per heavy atom. The van der Waals surface area contributed by atoms with E-state index in [0.29, 0.717) is 54.4 Å². The van der Waals surface area contributed by atoms with Gasteiger partial charge < -0.3 is 52.8 Å². The molecule has 0 spiro atoms. The number of hydrogen-bond donors (Lipinski definition) is 2. The van der Waals surface area contributed by atoms with Crippen LogP contribution in [-0.4, -0.2) is 139 Å². The Morgan fingerprint density at radius 2 is 0.730 bits per heavy atom. The van der Waals surface area contributed by atoms with Gasteiger partial charge in [-0.05, 0) is 161 Å². The SMILES string of the molecule is CC(O)COC(=O)c1c2ccccc2cc2ccccc12.CC(O)COC(=O)c1ccccc1.CC1CO1.CCOC(C)=O.COC1CCCCC1C.COC1CCCCC1C.COC1CCCCC1C.COC1CCCCC1C.COC1CCCCC1C. The zero-order chi connectivity index (χ0) is 65.9. The van der Waals surface area contributed by atoms with Gasteiger partial charge in [0.25, 0.3) is 0 Å². The summed E-state index contributed by atoms with van der Waals surface area (Å²) in [6.45, 7) is 21.3. The Labute approximate surface area is 538 Å². The fraction of sp³-hybridized carbons (Fsp3) is 0.693. The van der Waals surface area contributed by atoms with Crippen molar-refractivity contribution in [1.82, 2.24) is 0 Å². The lowest BCUT2D eigenvalue weighted by molar-refractivity contribution is -0.140. The summed E-state index contributed by atoms with van der Waals surface area (Å²) in [4.78, 5) is 33.5. The molecule has 14 nitrogen and oxygen atoms in total. The van der Waals surface area contributed by atoms with Gasteiger partial charge in [0.05, 0.1) is 73.2 Å². The van der Waals surface area contributed by atoms with Crippen LogP contribution in [0.25, 0.3) is 21.5 Å². The van der Waals surface area contributed by atoms with Crippen molar-refractivity contribution in [3.63, 3.8) is 0 Å². The van der Waals surface area contributed by atoms with Crippen molar-refractivity contribution in [2.24, 2.45) is 29.6 Å². The number of ether oxygens (including phenoxy) is 9. The van der Waals surface area contributed by atoms with Crippen LogP contribution in [0.2, 0.25) is 0 Å². The van der Waals surface area contributed by atoms with Gasteiger partial charge in [-0.15, -0.1) is 0 Å². The normalized spacial score (nSPS) is 25.6. The Balaban J connectivity index is 0.000000354. The lowest BCUT2D eigenvalue weighted by atomic mass is 9.88. The van der Waals surface area contributed by atoms with E-state index in [9.17, 15) is 19.5 Å². The molecule has 89 heavy (non-hydrogen) atoms. The minimum Gasteiger partial charge on any atom is -0.466 e. The first-order valence-corrected chi connectivity index (χ1v) is 33.8. The summed E-state index contributed by atoms with van der Waals surface area (Å²) in [6, 6.07) is 26.3. The van der Waals surface area contributed by atoms with Crippen molar-refractivity contribution >= 4 is 39.5 Å². The van der Waals surface area contributed by atoms with Gasteiger partial charge in [0.15, 0.2) is 0 Å². The quantitative estimate of drug-likeness (QED) is 0.0592. The van der Waals surface area contributed by atoms with Crippen molar-refractivity contribution in [2.45, 2.75) is 246 Å². The van der Waals surface area contributed by atoms with Gasteiger partial charge in [-0.2, -0.15) is 0 Å². The second-order valence-electron chi connectivity index (χ2n) is 25.2. The number of benzene rings is 4. The largest absolute Gasteiger partial charge is 0.466 e. The Bertz CT molecular complexity index is 2240. The summed E-state index contributed by atoms with van der Waals surface area (Å²) in [7, 11) is 9.13. The van der Waals surface area contributed by atoms with Crippen LogP contribution in [0.15, 0.2) is 84.9 Å². The van der Waals surface area contributed by atoms with Crippen LogP contribution in [0.1, 0.15) is 218 Å². The number of carbonyl (C=O) groups excluding carboxylic acids is 3. The monoisotopic (exact) mass is 1250 g/mol. The van der Waals surface area contributed by atoms with Crippen molar-refractivity contribution in [3.05, 3.63) is 96.1 Å². The molecule has 0 radical (unpaired) electrons. The third-order valence-electron chi connectivity index (χ3n) is 17.4. The first-order valence-electron chi connectivity index (χ1n) is 33.8. The third-order valence-corrected chi connectivity index (χ3v) is 17.4. The van der Waals surface area contributed by atoms with E-state index in [1.807, 2.05) is 90.1 Å². The highest BCUT2D eigenvalue weighted by molar-refractivity contribution is 6.16. The van der Waals surface area contributed by atoms with Gasteiger partial charge in [0.1, 0.15) is 13.2 Å². The molecule has 14 heteroatoms. The first-order chi connectivity index (χ1) is 42.7. The zero-order valence-electron chi connectivity index (χ0n) is 57.9. The van der Waals surface area contributed by atoms with Gasteiger partial charge in [0.2, 0.25) is 0 Å². The molecule has 13 unspecified atom stereocenters. The van der Waals surface area contributed by atoms with Crippen LogP contribution in [0.3, 0.4) is 0 Å².